The van der Waals surface area contributed by atoms with Crippen molar-refractivity contribution in [1.29, 1.82) is 0 Å². The second-order valence-electron chi connectivity index (χ2n) is 11.8. The largest absolute Gasteiger partial charge is 0.481 e. The molecular weight excluding hydrogens is 512 g/mol. The van der Waals surface area contributed by atoms with E-state index in [0.717, 1.165) is 90.4 Å². The van der Waals surface area contributed by atoms with Crippen LogP contribution in [0.25, 0.3) is 0 Å². The number of allylic oxidation sites excluding steroid dienone is 2. The van der Waals surface area contributed by atoms with E-state index >= 15 is 0 Å². The Balaban J connectivity index is 1.70. The molecule has 0 amide bonds. The molecular formula is C32H54O8. The predicted octanol–water partition coefficient (Wildman–Crippen LogP) is 6.02. The molecule has 0 aromatic carbocycles. The number of hydrogen-bond donors (Lipinski definition) is 2. The summed E-state index contributed by atoms with van der Waals surface area (Å²) >= 11 is 0. The molecule has 0 bridgehead atoms. The fraction of sp³-hybridized carbons (Fsp3) is 0.844. The highest BCUT2D eigenvalue weighted by atomic mass is 16.7. The molecule has 1 saturated carbocycles. The molecule has 40 heavy (non-hydrogen) atoms. The van der Waals surface area contributed by atoms with Gasteiger partial charge in [0.2, 0.25) is 0 Å². The number of ether oxygens (including phenoxy) is 5. The van der Waals surface area contributed by atoms with Crippen LogP contribution < -0.4 is 0 Å². The summed E-state index contributed by atoms with van der Waals surface area (Å²) in [5, 5.41) is 20.0. The molecule has 3 unspecified atom stereocenters. The van der Waals surface area contributed by atoms with E-state index in [9.17, 15) is 9.90 Å². The van der Waals surface area contributed by atoms with E-state index in [0.29, 0.717) is 18.8 Å². The summed E-state index contributed by atoms with van der Waals surface area (Å²) in [4.78, 5) is 10.8. The number of carbonyl (C=O) groups is 1. The van der Waals surface area contributed by atoms with Crippen LogP contribution in [0.15, 0.2) is 24.3 Å². The van der Waals surface area contributed by atoms with Gasteiger partial charge in [-0.3, -0.25) is 4.79 Å². The second kappa shape index (κ2) is 19.0. The van der Waals surface area contributed by atoms with Gasteiger partial charge in [-0.2, -0.15) is 0 Å². The number of unbranched alkanes of at least 4 members (excludes halogenated alkanes) is 2. The normalized spacial score (nSPS) is 31.2. The Kier molecular flexibility index (Phi) is 15.8. The first-order valence-corrected chi connectivity index (χ1v) is 15.7. The van der Waals surface area contributed by atoms with Gasteiger partial charge < -0.3 is 33.9 Å². The van der Waals surface area contributed by atoms with Gasteiger partial charge >= 0.3 is 5.97 Å². The minimum absolute atomic E-state index is 0.0177. The standard InChI is InChI=1S/C32H54O8/c1-24(13-7-10-20-36-2)28(39-31-16-8-11-21-37-31)19-18-26-25(14-5-3-4-6-15-30(34)35)27(33)23-29(26)40-32-17-9-12-22-38-32/h3,5,18-19,24-29,31-33H,4,6-17,20-23H2,1-2H3,(H,34,35)/b5-3-,19-18+/t24-,25+,26+,27-,28?,29+,31?,32?/m0/s1. The highest BCUT2D eigenvalue weighted by Crippen LogP contribution is 2.40. The van der Waals surface area contributed by atoms with Crippen LogP contribution in [0, 0.1) is 17.8 Å². The fourth-order valence-electron chi connectivity index (χ4n) is 6.06. The lowest BCUT2D eigenvalue weighted by atomic mass is 9.88. The van der Waals surface area contributed by atoms with Crippen molar-refractivity contribution in [2.45, 2.75) is 128 Å². The van der Waals surface area contributed by atoms with Gasteiger partial charge in [0.05, 0.1) is 18.3 Å². The number of aliphatic carboxylic acids is 1. The summed E-state index contributed by atoms with van der Waals surface area (Å²) in [5.41, 5.74) is 0. The Hall–Kier alpha value is -1.29. The second-order valence-corrected chi connectivity index (χ2v) is 11.8. The summed E-state index contributed by atoms with van der Waals surface area (Å²) in [6.07, 6.45) is 19.7. The molecule has 8 atom stereocenters. The van der Waals surface area contributed by atoms with E-state index < -0.39 is 12.1 Å². The van der Waals surface area contributed by atoms with Crippen LogP contribution in [-0.2, 0) is 28.5 Å². The molecule has 3 fully saturated rings. The average molecular weight is 567 g/mol. The van der Waals surface area contributed by atoms with Crippen LogP contribution in [0.3, 0.4) is 0 Å². The molecule has 230 valence electrons. The zero-order valence-corrected chi connectivity index (χ0v) is 24.8. The van der Waals surface area contributed by atoms with E-state index in [1.54, 1.807) is 7.11 Å². The number of carboxylic acids is 1. The third-order valence-electron chi connectivity index (χ3n) is 8.48. The van der Waals surface area contributed by atoms with E-state index in [-0.39, 0.29) is 43.0 Å². The molecule has 2 N–H and O–H groups in total. The van der Waals surface area contributed by atoms with Gasteiger partial charge in [-0.1, -0.05) is 37.6 Å². The quantitative estimate of drug-likeness (QED) is 0.153. The predicted molar refractivity (Wildman–Crippen MR) is 154 cm³/mol. The van der Waals surface area contributed by atoms with Crippen molar-refractivity contribution >= 4 is 5.97 Å². The van der Waals surface area contributed by atoms with E-state index in [2.05, 4.69) is 25.2 Å². The van der Waals surface area contributed by atoms with Crippen molar-refractivity contribution in [2.75, 3.05) is 26.9 Å². The van der Waals surface area contributed by atoms with Crippen LogP contribution in [0.1, 0.15) is 96.8 Å². The van der Waals surface area contributed by atoms with E-state index in [4.69, 9.17) is 28.8 Å². The third-order valence-corrected chi connectivity index (χ3v) is 8.48. The molecule has 3 aliphatic rings. The lowest BCUT2D eigenvalue weighted by molar-refractivity contribution is -0.193. The van der Waals surface area contributed by atoms with Crippen LogP contribution in [0.5, 0.6) is 0 Å². The van der Waals surface area contributed by atoms with Crippen molar-refractivity contribution in [3.8, 4) is 0 Å². The minimum Gasteiger partial charge on any atom is -0.481 e. The maximum absolute atomic E-state index is 11.1. The summed E-state index contributed by atoms with van der Waals surface area (Å²) < 4.78 is 30.1. The molecule has 2 aliphatic heterocycles. The summed E-state index contributed by atoms with van der Waals surface area (Å²) in [5.74, 6) is -0.399. The van der Waals surface area contributed by atoms with Gasteiger partial charge in [-0.05, 0) is 82.5 Å². The van der Waals surface area contributed by atoms with Crippen molar-refractivity contribution in [3.05, 3.63) is 24.3 Å². The van der Waals surface area contributed by atoms with E-state index in [1.807, 2.05) is 6.08 Å². The number of methoxy groups -OCH3 is 1. The number of hydrogen-bond acceptors (Lipinski definition) is 7. The minimum atomic E-state index is -0.766. The SMILES string of the molecule is COCCCC[C@H](C)C(/C=C/[C@@H]1[C@@H](C/C=C\CCCC(=O)O)[C@@H](O)C[C@H]1OC1CCCCO1)OC1CCCCO1. The highest BCUT2D eigenvalue weighted by molar-refractivity contribution is 5.66. The lowest BCUT2D eigenvalue weighted by Crippen LogP contribution is -2.32. The summed E-state index contributed by atoms with van der Waals surface area (Å²) in [7, 11) is 1.74. The van der Waals surface area contributed by atoms with E-state index in [1.165, 1.54) is 0 Å². The van der Waals surface area contributed by atoms with Crippen molar-refractivity contribution in [2.24, 2.45) is 17.8 Å². The number of carboxylic acid groups (broad SMARTS) is 1. The van der Waals surface area contributed by atoms with Crippen LogP contribution in [0.4, 0.5) is 0 Å². The Morgan fingerprint density at radius 3 is 2.45 bits per heavy atom. The molecule has 0 aromatic heterocycles. The first kappa shape index (κ1) is 33.2. The van der Waals surface area contributed by atoms with Gasteiger partial charge in [0.15, 0.2) is 12.6 Å². The van der Waals surface area contributed by atoms with Gasteiger partial charge in [0.1, 0.15) is 0 Å². The number of rotatable bonds is 18. The Morgan fingerprint density at radius 1 is 1.02 bits per heavy atom. The molecule has 1 aliphatic carbocycles. The molecule has 0 radical (unpaired) electrons. The Bertz CT molecular complexity index is 743. The van der Waals surface area contributed by atoms with Gasteiger partial charge in [-0.15, -0.1) is 0 Å². The maximum Gasteiger partial charge on any atom is 0.303 e. The molecule has 2 saturated heterocycles. The monoisotopic (exact) mass is 566 g/mol. The summed E-state index contributed by atoms with van der Waals surface area (Å²) in [6.45, 7) is 4.49. The smallest absolute Gasteiger partial charge is 0.303 e. The first-order chi connectivity index (χ1) is 19.5. The van der Waals surface area contributed by atoms with Gasteiger partial charge in [0, 0.05) is 45.7 Å². The molecule has 8 nitrogen and oxygen atoms in total. The summed E-state index contributed by atoms with van der Waals surface area (Å²) in [6, 6.07) is 0. The van der Waals surface area contributed by atoms with Crippen LogP contribution >= 0.6 is 0 Å². The van der Waals surface area contributed by atoms with Crippen molar-refractivity contribution in [3.63, 3.8) is 0 Å². The lowest BCUT2D eigenvalue weighted by Gasteiger charge is -2.31. The molecule has 0 aromatic rings. The molecule has 0 spiro atoms. The Labute approximate surface area is 241 Å². The zero-order chi connectivity index (χ0) is 28.6. The van der Waals surface area contributed by atoms with Crippen molar-refractivity contribution in [1.82, 2.24) is 0 Å². The Morgan fingerprint density at radius 2 is 1.77 bits per heavy atom. The third kappa shape index (κ3) is 11.9. The molecule has 2 heterocycles. The van der Waals surface area contributed by atoms with Crippen LogP contribution in [0.2, 0.25) is 0 Å². The number of aliphatic hydroxyl groups is 1. The maximum atomic E-state index is 11.1. The van der Waals surface area contributed by atoms with Crippen LogP contribution in [-0.4, -0.2) is 74.0 Å². The molecule has 8 heteroatoms. The topological polar surface area (TPSA) is 104 Å². The molecule has 3 rings (SSSR count). The first-order valence-electron chi connectivity index (χ1n) is 15.7. The zero-order valence-electron chi connectivity index (χ0n) is 24.8. The average Bonchev–Trinajstić information content (AvgIpc) is 3.24. The van der Waals surface area contributed by atoms with Crippen molar-refractivity contribution < 1.29 is 38.7 Å². The van der Waals surface area contributed by atoms with Gasteiger partial charge in [0.25, 0.3) is 0 Å². The highest BCUT2D eigenvalue weighted by Gasteiger charge is 2.42. The van der Waals surface area contributed by atoms with Gasteiger partial charge in [-0.25, -0.2) is 0 Å². The number of aliphatic hydroxyl groups excluding tert-OH is 1. The fourth-order valence-corrected chi connectivity index (χ4v) is 6.06.